The lowest BCUT2D eigenvalue weighted by atomic mass is 10.1. The highest BCUT2D eigenvalue weighted by Gasteiger charge is 2.13. The first-order valence-corrected chi connectivity index (χ1v) is 10.5. The Morgan fingerprint density at radius 3 is 2.39 bits per heavy atom. The highest BCUT2D eigenvalue weighted by atomic mass is 16.5. The standard InChI is InChI=1S/C24H28N8O/c1-15(2)33-21-9-16(18(10-25)12-27-3)5-6-20(21)31-24-30-14-17-7-8-29-22(23(17)32-24)19(11-26)13-28-4/h5-15,25-28H,1-4H3,(H,30,31,32)/b18-12+,19-13+,25-10?,26-11?. The fraction of sp³-hybridized carbons (Fsp3) is 0.208. The molecule has 0 saturated carbocycles. The monoisotopic (exact) mass is 444 g/mol. The average Bonchev–Trinajstić information content (AvgIpc) is 2.81. The summed E-state index contributed by atoms with van der Waals surface area (Å²) in [6, 6.07) is 7.49. The van der Waals surface area contributed by atoms with E-state index in [1.807, 2.05) is 38.1 Å². The quantitative estimate of drug-likeness (QED) is 0.299. The third-order valence-corrected chi connectivity index (χ3v) is 4.61. The molecule has 0 aliphatic heterocycles. The molecule has 0 amide bonds. The van der Waals surface area contributed by atoms with Crippen LogP contribution in [0.15, 0.2) is 49.1 Å². The largest absolute Gasteiger partial charge is 0.489 e. The van der Waals surface area contributed by atoms with Gasteiger partial charge < -0.3 is 31.5 Å². The molecular formula is C24H28N8O. The molecule has 170 valence electrons. The van der Waals surface area contributed by atoms with Crippen LogP contribution in [0.25, 0.3) is 22.0 Å². The molecule has 1 aromatic carbocycles. The normalized spacial score (nSPS) is 11.9. The summed E-state index contributed by atoms with van der Waals surface area (Å²) in [5.74, 6) is 1.00. The van der Waals surface area contributed by atoms with Crippen LogP contribution in [0.2, 0.25) is 0 Å². The van der Waals surface area contributed by atoms with Crippen LogP contribution in [0.3, 0.4) is 0 Å². The number of nitrogens with zero attached hydrogens (tertiary/aromatic N) is 3. The van der Waals surface area contributed by atoms with E-state index < -0.39 is 0 Å². The fourth-order valence-electron chi connectivity index (χ4n) is 3.20. The zero-order chi connectivity index (χ0) is 23.8. The number of nitrogens with one attached hydrogen (secondary N) is 5. The number of fused-ring (bicyclic) bond motifs is 1. The molecule has 3 aromatic rings. The maximum absolute atomic E-state index is 7.73. The van der Waals surface area contributed by atoms with Gasteiger partial charge >= 0.3 is 0 Å². The number of hydrogen-bond donors (Lipinski definition) is 5. The van der Waals surface area contributed by atoms with E-state index in [1.165, 1.54) is 12.4 Å². The fourth-order valence-corrected chi connectivity index (χ4v) is 3.20. The first-order chi connectivity index (χ1) is 16.0. The third kappa shape index (κ3) is 5.51. The van der Waals surface area contributed by atoms with Crippen molar-refractivity contribution in [3.05, 3.63) is 60.3 Å². The SMILES string of the molecule is CN/C=C(\C=N)c1ccc(Nc2ncc3ccnc(/C(C=N)=C/NC)c3n2)c(OC(C)C)c1. The van der Waals surface area contributed by atoms with Gasteiger partial charge in [-0.05, 0) is 37.6 Å². The van der Waals surface area contributed by atoms with Crippen molar-refractivity contribution < 1.29 is 4.74 Å². The number of rotatable bonds is 10. The highest BCUT2D eigenvalue weighted by Crippen LogP contribution is 2.31. The molecule has 0 aliphatic rings. The minimum absolute atomic E-state index is 0.0485. The van der Waals surface area contributed by atoms with E-state index in [0.717, 1.165) is 16.5 Å². The molecule has 0 unspecified atom stereocenters. The van der Waals surface area contributed by atoms with Gasteiger partial charge in [0.05, 0.1) is 17.5 Å². The Bertz CT molecular complexity index is 1220. The Labute approximate surface area is 193 Å². The van der Waals surface area contributed by atoms with Crippen molar-refractivity contribution in [3.63, 3.8) is 0 Å². The van der Waals surface area contributed by atoms with Crippen molar-refractivity contribution in [3.8, 4) is 5.75 Å². The van der Waals surface area contributed by atoms with Crippen LogP contribution in [0, 0.1) is 10.8 Å². The molecule has 0 fully saturated rings. The molecule has 9 heteroatoms. The third-order valence-electron chi connectivity index (χ3n) is 4.61. The van der Waals surface area contributed by atoms with Gasteiger partial charge in [0.2, 0.25) is 5.95 Å². The number of pyridine rings is 1. The van der Waals surface area contributed by atoms with Crippen molar-refractivity contribution in [2.24, 2.45) is 0 Å². The number of benzene rings is 1. The van der Waals surface area contributed by atoms with Crippen LogP contribution in [-0.2, 0) is 0 Å². The van der Waals surface area contributed by atoms with E-state index in [1.54, 1.807) is 38.9 Å². The summed E-state index contributed by atoms with van der Waals surface area (Å²) in [6.07, 6.45) is 9.34. The van der Waals surface area contributed by atoms with Crippen LogP contribution in [-0.4, -0.2) is 47.6 Å². The Morgan fingerprint density at radius 1 is 1.00 bits per heavy atom. The van der Waals surface area contributed by atoms with Gasteiger partial charge in [0.1, 0.15) is 11.3 Å². The number of hydrogen-bond acceptors (Lipinski definition) is 9. The van der Waals surface area contributed by atoms with Gasteiger partial charge in [0.15, 0.2) is 0 Å². The number of ether oxygens (including phenoxy) is 1. The van der Waals surface area contributed by atoms with E-state index in [-0.39, 0.29) is 6.10 Å². The van der Waals surface area contributed by atoms with Crippen LogP contribution in [0.4, 0.5) is 11.6 Å². The van der Waals surface area contributed by atoms with Gasteiger partial charge in [-0.3, -0.25) is 4.98 Å². The van der Waals surface area contributed by atoms with Gasteiger partial charge in [0.25, 0.3) is 0 Å². The summed E-state index contributed by atoms with van der Waals surface area (Å²) in [4.78, 5) is 13.5. The maximum Gasteiger partial charge on any atom is 0.227 e. The number of allylic oxidation sites excluding steroid dienone is 2. The van der Waals surface area contributed by atoms with E-state index in [2.05, 4.69) is 30.9 Å². The molecule has 9 nitrogen and oxygen atoms in total. The Kier molecular flexibility index (Phi) is 7.69. The molecular weight excluding hydrogens is 416 g/mol. The molecule has 0 bridgehead atoms. The van der Waals surface area contributed by atoms with Crippen LogP contribution >= 0.6 is 0 Å². The highest BCUT2D eigenvalue weighted by molar-refractivity contribution is 6.11. The minimum atomic E-state index is -0.0485. The summed E-state index contributed by atoms with van der Waals surface area (Å²) < 4.78 is 6.03. The molecule has 5 N–H and O–H groups in total. The average molecular weight is 445 g/mol. The summed E-state index contributed by atoms with van der Waals surface area (Å²) in [5, 5.41) is 25.4. The van der Waals surface area contributed by atoms with Gasteiger partial charge in [-0.25, -0.2) is 9.97 Å². The van der Waals surface area contributed by atoms with E-state index in [9.17, 15) is 0 Å². The summed E-state index contributed by atoms with van der Waals surface area (Å²) in [6.45, 7) is 3.91. The summed E-state index contributed by atoms with van der Waals surface area (Å²) in [7, 11) is 3.56. The zero-order valence-corrected chi connectivity index (χ0v) is 19.1. The topological polar surface area (TPSA) is 132 Å². The van der Waals surface area contributed by atoms with Crippen molar-refractivity contribution in [2.75, 3.05) is 19.4 Å². The Morgan fingerprint density at radius 2 is 1.73 bits per heavy atom. The molecule has 0 saturated heterocycles. The maximum atomic E-state index is 7.73. The smallest absolute Gasteiger partial charge is 0.227 e. The molecule has 0 aliphatic carbocycles. The van der Waals surface area contributed by atoms with Crippen molar-refractivity contribution in [1.29, 1.82) is 10.8 Å². The first kappa shape index (κ1) is 23.4. The second kappa shape index (κ2) is 10.9. The lowest BCUT2D eigenvalue weighted by Crippen LogP contribution is -2.09. The van der Waals surface area contributed by atoms with E-state index in [4.69, 9.17) is 15.6 Å². The first-order valence-electron chi connectivity index (χ1n) is 10.5. The van der Waals surface area contributed by atoms with Gasteiger partial charge in [0, 0.05) is 67.9 Å². The lowest BCUT2D eigenvalue weighted by molar-refractivity contribution is 0.243. The Balaban J connectivity index is 2.05. The van der Waals surface area contributed by atoms with Gasteiger partial charge in [-0.1, -0.05) is 6.07 Å². The van der Waals surface area contributed by atoms with Crippen molar-refractivity contribution in [2.45, 2.75) is 20.0 Å². The summed E-state index contributed by atoms with van der Waals surface area (Å²) in [5.41, 5.74) is 4.10. The van der Waals surface area contributed by atoms with Gasteiger partial charge in [-0.15, -0.1) is 0 Å². The van der Waals surface area contributed by atoms with Crippen LogP contribution in [0.5, 0.6) is 5.75 Å². The zero-order valence-electron chi connectivity index (χ0n) is 19.1. The van der Waals surface area contributed by atoms with Crippen LogP contribution < -0.4 is 20.7 Å². The minimum Gasteiger partial charge on any atom is -0.489 e. The van der Waals surface area contributed by atoms with Crippen LogP contribution in [0.1, 0.15) is 25.1 Å². The molecule has 0 atom stereocenters. The van der Waals surface area contributed by atoms with Crippen molar-refractivity contribution >= 4 is 46.1 Å². The predicted octanol–water partition coefficient (Wildman–Crippen LogP) is 3.98. The molecule has 0 radical (unpaired) electrons. The summed E-state index contributed by atoms with van der Waals surface area (Å²) >= 11 is 0. The number of anilines is 2. The molecule has 3 rings (SSSR count). The number of aromatic nitrogens is 3. The van der Waals surface area contributed by atoms with E-state index >= 15 is 0 Å². The second-order valence-corrected chi connectivity index (χ2v) is 7.36. The Hall–Kier alpha value is -4.27. The van der Waals surface area contributed by atoms with Gasteiger partial charge in [-0.2, -0.15) is 0 Å². The predicted molar refractivity (Wildman–Crippen MR) is 134 cm³/mol. The lowest BCUT2D eigenvalue weighted by Gasteiger charge is -2.17. The molecule has 2 heterocycles. The van der Waals surface area contributed by atoms with E-state index in [0.29, 0.717) is 34.2 Å². The second-order valence-electron chi connectivity index (χ2n) is 7.36. The van der Waals surface area contributed by atoms with Crippen molar-refractivity contribution in [1.82, 2.24) is 25.6 Å². The molecule has 2 aromatic heterocycles. The molecule has 0 spiro atoms. The molecule has 33 heavy (non-hydrogen) atoms.